The van der Waals surface area contributed by atoms with Crippen molar-refractivity contribution in [3.8, 4) is 6.07 Å². The molecule has 2 nitrogen and oxygen atoms in total. The van der Waals surface area contributed by atoms with Gasteiger partial charge in [0, 0.05) is 6.04 Å². The third-order valence-corrected chi connectivity index (χ3v) is 3.85. The molecule has 0 unspecified atom stereocenters. The molecule has 0 heterocycles. The quantitative estimate of drug-likeness (QED) is 0.834. The lowest BCUT2D eigenvalue weighted by Gasteiger charge is -2.23. The molecule has 2 heteroatoms. The van der Waals surface area contributed by atoms with Gasteiger partial charge in [0.25, 0.3) is 0 Å². The summed E-state index contributed by atoms with van der Waals surface area (Å²) < 4.78 is 0. The second kappa shape index (κ2) is 6.44. The lowest BCUT2D eigenvalue weighted by atomic mass is 9.96. The first-order chi connectivity index (χ1) is 8.81. The van der Waals surface area contributed by atoms with Crippen LogP contribution in [0.25, 0.3) is 0 Å². The van der Waals surface area contributed by atoms with Crippen LogP contribution in [0.2, 0.25) is 0 Å². The number of hydrogen-bond acceptors (Lipinski definition) is 2. The first-order valence-electron chi connectivity index (χ1n) is 7.07. The van der Waals surface area contributed by atoms with Gasteiger partial charge in [-0.2, -0.15) is 5.26 Å². The number of aryl methyl sites for hydroxylation is 1. The molecule has 1 aromatic carbocycles. The van der Waals surface area contributed by atoms with Gasteiger partial charge in [0.2, 0.25) is 0 Å². The normalized spacial score (nSPS) is 17.6. The minimum absolute atomic E-state index is 0.541. The van der Waals surface area contributed by atoms with Gasteiger partial charge in [0.1, 0.15) is 6.07 Å². The van der Waals surface area contributed by atoms with Crippen LogP contribution in [0.1, 0.15) is 56.1 Å². The molecule has 18 heavy (non-hydrogen) atoms. The molecule has 2 rings (SSSR count). The Labute approximate surface area is 110 Å². The van der Waals surface area contributed by atoms with Gasteiger partial charge in [-0.15, -0.1) is 0 Å². The summed E-state index contributed by atoms with van der Waals surface area (Å²) in [5, 5.41) is 12.8. The molecular weight excluding hydrogens is 220 g/mol. The molecule has 0 aromatic heterocycles. The average Bonchev–Trinajstić information content (AvgIpc) is 2.32. The van der Waals surface area contributed by atoms with E-state index in [1.165, 1.54) is 44.9 Å². The van der Waals surface area contributed by atoms with Gasteiger partial charge in [0.15, 0.2) is 0 Å². The van der Waals surface area contributed by atoms with Crippen LogP contribution >= 0.6 is 0 Å². The van der Waals surface area contributed by atoms with Crippen molar-refractivity contribution in [3.05, 3.63) is 29.3 Å². The number of nitrogens with zero attached hydrogens (tertiary/aromatic N) is 1. The summed E-state index contributed by atoms with van der Waals surface area (Å²) in [6, 6.07) is 8.92. The van der Waals surface area contributed by atoms with Crippen LogP contribution in [-0.4, -0.2) is 6.04 Å². The fraction of sp³-hybridized carbons (Fsp3) is 0.562. The van der Waals surface area contributed by atoms with E-state index in [4.69, 9.17) is 0 Å². The van der Waals surface area contributed by atoms with Crippen molar-refractivity contribution < 1.29 is 0 Å². The molecule has 1 aliphatic rings. The van der Waals surface area contributed by atoms with E-state index in [1.54, 1.807) is 0 Å². The zero-order chi connectivity index (χ0) is 12.8. The van der Waals surface area contributed by atoms with Crippen molar-refractivity contribution in [2.24, 2.45) is 0 Å². The van der Waals surface area contributed by atoms with Crippen LogP contribution in [-0.2, 0) is 0 Å². The Bertz CT molecular complexity index is 423. The Balaban J connectivity index is 2.08. The van der Waals surface area contributed by atoms with Crippen molar-refractivity contribution in [2.75, 3.05) is 5.32 Å². The number of nitriles is 1. The largest absolute Gasteiger partial charge is 0.381 e. The first kappa shape index (κ1) is 13.0. The Morgan fingerprint density at radius 3 is 2.44 bits per heavy atom. The zero-order valence-electron chi connectivity index (χ0n) is 11.2. The van der Waals surface area contributed by atoms with Crippen LogP contribution < -0.4 is 5.32 Å². The Hall–Kier alpha value is -1.49. The van der Waals surface area contributed by atoms with E-state index in [9.17, 15) is 5.26 Å². The highest BCUT2D eigenvalue weighted by Crippen LogP contribution is 2.24. The van der Waals surface area contributed by atoms with Gasteiger partial charge >= 0.3 is 0 Å². The zero-order valence-corrected chi connectivity index (χ0v) is 11.2. The summed E-state index contributed by atoms with van der Waals surface area (Å²) in [5.74, 6) is 0. The maximum atomic E-state index is 9.24. The number of nitrogens with one attached hydrogen (secondary N) is 1. The van der Waals surface area contributed by atoms with E-state index in [0.29, 0.717) is 6.04 Å². The average molecular weight is 242 g/mol. The van der Waals surface area contributed by atoms with E-state index in [-0.39, 0.29) is 0 Å². The molecule has 0 saturated heterocycles. The minimum Gasteiger partial charge on any atom is -0.381 e. The minimum atomic E-state index is 0.541. The molecule has 0 aliphatic heterocycles. The number of benzene rings is 1. The van der Waals surface area contributed by atoms with E-state index in [0.717, 1.165) is 16.8 Å². The number of anilines is 1. The summed E-state index contributed by atoms with van der Waals surface area (Å²) in [6.45, 7) is 2.00. The number of hydrogen-bond donors (Lipinski definition) is 1. The van der Waals surface area contributed by atoms with Crippen LogP contribution in [0, 0.1) is 18.3 Å². The molecule has 1 saturated carbocycles. The Morgan fingerprint density at radius 2 is 1.78 bits per heavy atom. The maximum Gasteiger partial charge on any atom is 0.102 e. The van der Waals surface area contributed by atoms with Gasteiger partial charge in [0.05, 0.1) is 11.3 Å². The molecular formula is C16H22N2. The number of rotatable bonds is 2. The predicted octanol–water partition coefficient (Wildman–Crippen LogP) is 4.39. The van der Waals surface area contributed by atoms with Crippen LogP contribution in [0.4, 0.5) is 5.69 Å². The second-order valence-electron chi connectivity index (χ2n) is 5.30. The Kier molecular flexibility index (Phi) is 4.64. The van der Waals surface area contributed by atoms with Crippen molar-refractivity contribution in [1.82, 2.24) is 0 Å². The fourth-order valence-electron chi connectivity index (χ4n) is 2.76. The first-order valence-corrected chi connectivity index (χ1v) is 7.07. The summed E-state index contributed by atoms with van der Waals surface area (Å²) in [7, 11) is 0. The van der Waals surface area contributed by atoms with Gasteiger partial charge < -0.3 is 5.32 Å². The van der Waals surface area contributed by atoms with Gasteiger partial charge in [-0.1, -0.05) is 44.2 Å². The molecule has 0 spiro atoms. The van der Waals surface area contributed by atoms with Gasteiger partial charge in [-0.3, -0.25) is 0 Å². The summed E-state index contributed by atoms with van der Waals surface area (Å²) in [4.78, 5) is 0. The van der Waals surface area contributed by atoms with Crippen molar-refractivity contribution in [1.29, 1.82) is 5.26 Å². The molecule has 1 aliphatic carbocycles. The van der Waals surface area contributed by atoms with E-state index >= 15 is 0 Å². The third-order valence-electron chi connectivity index (χ3n) is 3.85. The fourth-order valence-corrected chi connectivity index (χ4v) is 2.76. The highest BCUT2D eigenvalue weighted by Gasteiger charge is 2.13. The lowest BCUT2D eigenvalue weighted by Crippen LogP contribution is -2.21. The van der Waals surface area contributed by atoms with Crippen molar-refractivity contribution >= 4 is 5.69 Å². The summed E-state index contributed by atoms with van der Waals surface area (Å²) >= 11 is 0. The standard InChI is InChI=1S/C16H22N2/c1-13-8-7-11-16(15(13)12-17)18-14-9-5-3-2-4-6-10-14/h7-8,11,14,18H,2-6,9-10H2,1H3. The van der Waals surface area contributed by atoms with E-state index in [1.807, 2.05) is 25.1 Å². The topological polar surface area (TPSA) is 35.8 Å². The smallest absolute Gasteiger partial charge is 0.102 e. The predicted molar refractivity (Wildman–Crippen MR) is 75.6 cm³/mol. The van der Waals surface area contributed by atoms with Gasteiger partial charge in [-0.05, 0) is 31.4 Å². The lowest BCUT2D eigenvalue weighted by molar-refractivity contribution is 0.471. The second-order valence-corrected chi connectivity index (χ2v) is 5.30. The molecule has 1 aromatic rings. The molecule has 0 amide bonds. The third kappa shape index (κ3) is 3.26. The van der Waals surface area contributed by atoms with Crippen molar-refractivity contribution in [3.63, 3.8) is 0 Å². The molecule has 96 valence electrons. The van der Waals surface area contributed by atoms with Crippen LogP contribution in [0.15, 0.2) is 18.2 Å². The van der Waals surface area contributed by atoms with Crippen LogP contribution in [0.5, 0.6) is 0 Å². The van der Waals surface area contributed by atoms with Crippen LogP contribution in [0.3, 0.4) is 0 Å². The molecule has 0 radical (unpaired) electrons. The summed E-state index contributed by atoms with van der Waals surface area (Å²) in [6.07, 6.45) is 9.20. The maximum absolute atomic E-state index is 9.24. The monoisotopic (exact) mass is 242 g/mol. The van der Waals surface area contributed by atoms with E-state index < -0.39 is 0 Å². The molecule has 1 fully saturated rings. The Morgan fingerprint density at radius 1 is 1.11 bits per heavy atom. The SMILES string of the molecule is Cc1cccc(NC2CCCCCCC2)c1C#N. The molecule has 0 atom stereocenters. The molecule has 1 N–H and O–H groups in total. The van der Waals surface area contributed by atoms with Crippen molar-refractivity contribution in [2.45, 2.75) is 57.9 Å². The van der Waals surface area contributed by atoms with Gasteiger partial charge in [-0.25, -0.2) is 0 Å². The highest BCUT2D eigenvalue weighted by molar-refractivity contribution is 5.61. The highest BCUT2D eigenvalue weighted by atomic mass is 14.9. The van der Waals surface area contributed by atoms with E-state index in [2.05, 4.69) is 11.4 Å². The molecule has 0 bridgehead atoms. The summed E-state index contributed by atoms with van der Waals surface area (Å²) in [5.41, 5.74) is 2.89.